The van der Waals surface area contributed by atoms with E-state index in [1.165, 1.54) is 41.5 Å². The Morgan fingerprint density at radius 1 is 1.18 bits per heavy atom. The van der Waals surface area contributed by atoms with Crippen LogP contribution in [0.2, 0.25) is 0 Å². The molecule has 12 heteroatoms. The van der Waals surface area contributed by atoms with Crippen LogP contribution in [-0.4, -0.2) is 68.3 Å². The van der Waals surface area contributed by atoms with Gasteiger partial charge in [0.2, 0.25) is 11.8 Å². The maximum absolute atomic E-state index is 14.0. The number of carbonyl (C=O) groups is 3. The molecule has 3 heterocycles. The highest BCUT2D eigenvalue weighted by molar-refractivity contribution is 7.90. The number of amides is 3. The molecule has 2 aliphatic heterocycles. The number of carbonyl (C=O) groups excluding carboxylic acids is 3. The monoisotopic (exact) mass is 583 g/mol. The van der Waals surface area contributed by atoms with Crippen molar-refractivity contribution in [2.75, 3.05) is 26.8 Å². The number of fused-ring (bicyclic) bond motifs is 1. The first kappa shape index (κ1) is 27.8. The van der Waals surface area contributed by atoms with Crippen LogP contribution < -0.4 is 10.1 Å². The van der Waals surface area contributed by atoms with E-state index in [1.807, 2.05) is 0 Å². The topological polar surface area (TPSA) is 122 Å². The van der Waals surface area contributed by atoms with E-state index in [1.54, 1.807) is 47.8 Å². The van der Waals surface area contributed by atoms with Crippen LogP contribution in [0, 0.1) is 0 Å². The first-order valence-electron chi connectivity index (χ1n) is 12.8. The van der Waals surface area contributed by atoms with E-state index in [2.05, 4.69) is 5.32 Å². The zero-order valence-electron chi connectivity index (χ0n) is 21.8. The van der Waals surface area contributed by atoms with Crippen LogP contribution in [0.15, 0.2) is 70.9 Å². The summed E-state index contributed by atoms with van der Waals surface area (Å²) < 4.78 is 38.0. The summed E-state index contributed by atoms with van der Waals surface area (Å²) in [6, 6.07) is 15.4. The Balaban J connectivity index is 1.48. The smallest absolute Gasteiger partial charge is 0.269 e. The van der Waals surface area contributed by atoms with E-state index in [0.29, 0.717) is 27.1 Å². The molecule has 1 N–H and O–H groups in total. The number of rotatable bonds is 10. The number of hydrogen-bond acceptors (Lipinski definition) is 8. The molecule has 40 heavy (non-hydrogen) atoms. The average Bonchev–Trinajstić information content (AvgIpc) is 3.72. The fraction of sp³-hybridized carbons (Fsp3) is 0.321. The zero-order chi connectivity index (χ0) is 28.3. The van der Waals surface area contributed by atoms with Gasteiger partial charge in [-0.1, -0.05) is 30.3 Å². The molecule has 2 aromatic carbocycles. The molecule has 3 aromatic rings. The molecule has 3 amide bonds. The van der Waals surface area contributed by atoms with Crippen molar-refractivity contribution >= 4 is 39.1 Å². The number of nitrogens with one attached hydrogen (secondary N) is 1. The van der Waals surface area contributed by atoms with E-state index in [4.69, 9.17) is 9.47 Å². The average molecular weight is 584 g/mol. The summed E-state index contributed by atoms with van der Waals surface area (Å²) >= 11 is 1.30. The summed E-state index contributed by atoms with van der Waals surface area (Å²) in [6.07, 6.45) is 1.63. The van der Waals surface area contributed by atoms with Gasteiger partial charge in [-0.3, -0.25) is 14.4 Å². The highest BCUT2D eigenvalue weighted by Gasteiger charge is 2.43. The summed E-state index contributed by atoms with van der Waals surface area (Å²) in [4.78, 5) is 42.5. The summed E-state index contributed by atoms with van der Waals surface area (Å²) in [5.74, 6) is -1.33. The molecule has 2 atom stereocenters. The van der Waals surface area contributed by atoms with Crippen molar-refractivity contribution in [2.45, 2.75) is 36.4 Å². The SMILES string of the molecule is COc1cccc(CN(C(=O)CN2C(=O)c3ccccc3S2(=O)=O)[C@H](C(=O)NC[C@H]2CCCO2)c2cccs2)c1. The molecule has 0 bridgehead atoms. The molecule has 0 spiro atoms. The van der Waals surface area contributed by atoms with Crippen molar-refractivity contribution in [2.24, 2.45) is 0 Å². The number of benzene rings is 2. The Labute approximate surface area is 236 Å². The Hall–Kier alpha value is -3.74. The van der Waals surface area contributed by atoms with Crippen molar-refractivity contribution in [1.82, 2.24) is 14.5 Å². The van der Waals surface area contributed by atoms with Gasteiger partial charge in [0, 0.05) is 24.6 Å². The third-order valence-corrected chi connectivity index (χ3v) is 9.61. The van der Waals surface area contributed by atoms with Crippen LogP contribution in [0.25, 0.3) is 0 Å². The fourth-order valence-electron chi connectivity index (χ4n) is 4.88. The summed E-state index contributed by atoms with van der Waals surface area (Å²) in [5, 5.41) is 4.72. The normalized spacial score (nSPS) is 18.3. The fourth-order valence-corrected chi connectivity index (χ4v) is 7.23. The Kier molecular flexibility index (Phi) is 8.19. The summed E-state index contributed by atoms with van der Waals surface area (Å²) in [7, 11) is -2.70. The van der Waals surface area contributed by atoms with Gasteiger partial charge < -0.3 is 19.7 Å². The molecule has 1 aromatic heterocycles. The van der Waals surface area contributed by atoms with Gasteiger partial charge >= 0.3 is 0 Å². The van der Waals surface area contributed by atoms with Crippen LogP contribution in [-0.2, 0) is 30.9 Å². The van der Waals surface area contributed by atoms with E-state index in [0.717, 1.165) is 12.8 Å². The van der Waals surface area contributed by atoms with Crippen LogP contribution in [0.1, 0.15) is 39.7 Å². The van der Waals surface area contributed by atoms with Gasteiger partial charge in [0.1, 0.15) is 23.2 Å². The number of nitrogens with zero attached hydrogens (tertiary/aromatic N) is 2. The van der Waals surface area contributed by atoms with Crippen LogP contribution >= 0.6 is 11.3 Å². The minimum Gasteiger partial charge on any atom is -0.497 e. The number of sulfonamides is 1. The molecule has 1 saturated heterocycles. The molecule has 1 fully saturated rings. The third kappa shape index (κ3) is 5.60. The molecule has 0 radical (unpaired) electrons. The van der Waals surface area contributed by atoms with Gasteiger partial charge in [-0.05, 0) is 54.1 Å². The molecule has 5 rings (SSSR count). The summed E-state index contributed by atoms with van der Waals surface area (Å²) in [6.45, 7) is 0.147. The largest absolute Gasteiger partial charge is 0.497 e. The van der Waals surface area contributed by atoms with Crippen molar-refractivity contribution in [1.29, 1.82) is 0 Å². The van der Waals surface area contributed by atoms with Crippen molar-refractivity contribution in [3.63, 3.8) is 0 Å². The Bertz CT molecular complexity index is 1500. The maximum atomic E-state index is 14.0. The molecule has 0 saturated carbocycles. The van der Waals surface area contributed by atoms with E-state index >= 15 is 0 Å². The van der Waals surface area contributed by atoms with Crippen molar-refractivity contribution < 1.29 is 32.3 Å². The molecular formula is C28H29N3O7S2. The van der Waals surface area contributed by atoms with Gasteiger partial charge in [0.25, 0.3) is 15.9 Å². The first-order chi connectivity index (χ1) is 19.3. The molecular weight excluding hydrogens is 554 g/mol. The standard InChI is InChI=1S/C28H29N3O7S2/c1-37-20-8-4-7-19(15-20)17-30(25(32)18-31-28(34)22-10-2-3-12-24(22)40(31,35)36)26(23-11-6-14-39-23)27(33)29-16-21-9-5-13-38-21/h2-4,6-8,10-12,14-15,21,26H,5,9,13,16-18H2,1H3,(H,29,33)/t21-,26+/m1/s1. The van der Waals surface area contributed by atoms with E-state index in [-0.39, 0.29) is 29.7 Å². The quantitative estimate of drug-likeness (QED) is 0.389. The molecule has 0 unspecified atom stereocenters. The molecule has 2 aliphatic rings. The van der Waals surface area contributed by atoms with Crippen LogP contribution in [0.5, 0.6) is 5.75 Å². The molecule has 210 valence electrons. The van der Waals surface area contributed by atoms with Gasteiger partial charge in [-0.2, -0.15) is 0 Å². The second-order valence-electron chi connectivity index (χ2n) is 9.48. The summed E-state index contributed by atoms with van der Waals surface area (Å²) in [5.41, 5.74) is 0.679. The predicted octanol–water partition coefficient (Wildman–Crippen LogP) is 2.97. The second-order valence-corrected chi connectivity index (χ2v) is 12.3. The lowest BCUT2D eigenvalue weighted by Gasteiger charge is -2.32. The van der Waals surface area contributed by atoms with Gasteiger partial charge in [0.05, 0.1) is 18.8 Å². The maximum Gasteiger partial charge on any atom is 0.269 e. The third-order valence-electron chi connectivity index (χ3n) is 6.90. The highest BCUT2D eigenvalue weighted by atomic mass is 32.2. The molecule has 0 aliphatic carbocycles. The van der Waals surface area contributed by atoms with E-state index < -0.39 is 40.3 Å². The van der Waals surface area contributed by atoms with Crippen molar-refractivity contribution in [3.05, 3.63) is 82.0 Å². The van der Waals surface area contributed by atoms with Gasteiger partial charge in [-0.25, -0.2) is 12.7 Å². The van der Waals surface area contributed by atoms with Gasteiger partial charge in [-0.15, -0.1) is 11.3 Å². The lowest BCUT2D eigenvalue weighted by Crippen LogP contribution is -2.48. The zero-order valence-corrected chi connectivity index (χ0v) is 23.4. The number of ether oxygens (including phenoxy) is 2. The lowest BCUT2D eigenvalue weighted by atomic mass is 10.1. The number of methoxy groups -OCH3 is 1. The first-order valence-corrected chi connectivity index (χ1v) is 15.1. The van der Waals surface area contributed by atoms with Crippen LogP contribution in [0.4, 0.5) is 0 Å². The number of thiophene rings is 1. The lowest BCUT2D eigenvalue weighted by molar-refractivity contribution is -0.141. The minimum absolute atomic E-state index is 0.0127. The minimum atomic E-state index is -4.23. The van der Waals surface area contributed by atoms with Gasteiger partial charge in [0.15, 0.2) is 0 Å². The van der Waals surface area contributed by atoms with Crippen molar-refractivity contribution in [3.8, 4) is 5.75 Å². The predicted molar refractivity (Wildman–Crippen MR) is 147 cm³/mol. The number of hydrogen-bond donors (Lipinski definition) is 1. The Morgan fingerprint density at radius 2 is 2.00 bits per heavy atom. The molecule has 10 nitrogen and oxygen atoms in total. The second kappa shape index (κ2) is 11.8. The Morgan fingerprint density at radius 3 is 2.70 bits per heavy atom. The van der Waals surface area contributed by atoms with Crippen LogP contribution in [0.3, 0.4) is 0 Å². The van der Waals surface area contributed by atoms with E-state index in [9.17, 15) is 22.8 Å². The highest BCUT2D eigenvalue weighted by Crippen LogP contribution is 2.32.